The number of aliphatic hydroxyl groups is 1. The maximum absolute atomic E-state index is 14.1. The van der Waals surface area contributed by atoms with Crippen LogP contribution in [-0.2, 0) is 19.0 Å². The van der Waals surface area contributed by atoms with E-state index in [1.165, 1.54) is 0 Å². The standard InChI is InChI=1S/C27H36FN7O5S/c1-16(2)19-12-31-26(35-15-23(17(35)3)39-9-10-40-41(4,37)38)20-13-30-25(11-18(19)20)32-24-5-7-29-27(33-24)34-8-6-22(36)21(28)14-34/h5,7,11-13,16-17,21-23,36H,6,8-10,14-15H2,1-4H3,(H,29,30,32,33)/t17-,21+,22-,23+/m1/s1. The minimum Gasteiger partial charge on any atom is -0.390 e. The summed E-state index contributed by atoms with van der Waals surface area (Å²) in [5.74, 6) is 2.55. The van der Waals surface area contributed by atoms with Gasteiger partial charge in [-0.2, -0.15) is 13.4 Å². The first-order valence-electron chi connectivity index (χ1n) is 13.7. The summed E-state index contributed by atoms with van der Waals surface area (Å²) < 4.78 is 47.0. The van der Waals surface area contributed by atoms with Crippen molar-refractivity contribution in [3.63, 3.8) is 0 Å². The van der Waals surface area contributed by atoms with E-state index in [4.69, 9.17) is 13.9 Å². The third-order valence-electron chi connectivity index (χ3n) is 7.48. The van der Waals surface area contributed by atoms with Crippen molar-refractivity contribution in [3.05, 3.63) is 36.3 Å². The number of pyridine rings is 2. The lowest BCUT2D eigenvalue weighted by Crippen LogP contribution is -2.60. The Morgan fingerprint density at radius 3 is 2.66 bits per heavy atom. The molecule has 4 atom stereocenters. The van der Waals surface area contributed by atoms with Crippen LogP contribution in [0.1, 0.15) is 38.7 Å². The molecule has 3 aromatic rings. The van der Waals surface area contributed by atoms with Crippen LogP contribution in [0, 0.1) is 0 Å². The van der Waals surface area contributed by atoms with E-state index in [-0.39, 0.29) is 37.8 Å². The number of piperidine rings is 1. The molecule has 14 heteroatoms. The van der Waals surface area contributed by atoms with Crippen molar-refractivity contribution in [3.8, 4) is 0 Å². The summed E-state index contributed by atoms with van der Waals surface area (Å²) in [6.07, 6.45) is 4.28. The van der Waals surface area contributed by atoms with Gasteiger partial charge >= 0.3 is 0 Å². The second kappa shape index (κ2) is 12.0. The second-order valence-corrected chi connectivity index (χ2v) is 12.5. The zero-order valence-corrected chi connectivity index (χ0v) is 24.4. The zero-order chi connectivity index (χ0) is 29.3. The fourth-order valence-corrected chi connectivity index (χ4v) is 5.48. The third-order valence-corrected chi connectivity index (χ3v) is 8.08. The number of rotatable bonds is 10. The normalized spacial score (nSPS) is 23.2. The Kier molecular flexibility index (Phi) is 8.55. The average molecular weight is 590 g/mol. The minimum atomic E-state index is -3.49. The molecule has 2 aliphatic rings. The van der Waals surface area contributed by atoms with Gasteiger partial charge in [0.2, 0.25) is 5.95 Å². The Hall–Kier alpha value is -3.20. The van der Waals surface area contributed by atoms with E-state index in [2.05, 4.69) is 39.0 Å². The lowest BCUT2D eigenvalue weighted by molar-refractivity contribution is -0.00533. The highest BCUT2D eigenvalue weighted by atomic mass is 32.2. The number of aliphatic hydroxyl groups excluding tert-OH is 1. The molecule has 12 nitrogen and oxygen atoms in total. The van der Waals surface area contributed by atoms with Gasteiger partial charge in [0.05, 0.1) is 44.3 Å². The smallest absolute Gasteiger partial charge is 0.264 e. The van der Waals surface area contributed by atoms with Crippen molar-refractivity contribution in [1.82, 2.24) is 19.9 Å². The van der Waals surface area contributed by atoms with Crippen molar-refractivity contribution >= 4 is 44.3 Å². The monoisotopic (exact) mass is 589 g/mol. The highest BCUT2D eigenvalue weighted by molar-refractivity contribution is 7.85. The Bertz CT molecular complexity index is 1490. The lowest BCUT2D eigenvalue weighted by Gasteiger charge is -2.47. The molecule has 5 rings (SSSR count). The van der Waals surface area contributed by atoms with E-state index in [1.54, 1.807) is 23.4 Å². The molecule has 0 saturated carbocycles. The average Bonchev–Trinajstić information content (AvgIpc) is 2.92. The Morgan fingerprint density at radius 2 is 1.95 bits per heavy atom. The number of hydrogen-bond acceptors (Lipinski definition) is 12. The van der Waals surface area contributed by atoms with Crippen molar-refractivity contribution < 1.29 is 26.8 Å². The van der Waals surface area contributed by atoms with Crippen LogP contribution in [0.25, 0.3) is 10.8 Å². The molecule has 41 heavy (non-hydrogen) atoms. The molecule has 0 unspecified atom stereocenters. The van der Waals surface area contributed by atoms with Crippen molar-refractivity contribution in [2.75, 3.05) is 54.2 Å². The first-order chi connectivity index (χ1) is 19.5. The van der Waals surface area contributed by atoms with Crippen LogP contribution in [0.15, 0.2) is 30.7 Å². The summed E-state index contributed by atoms with van der Waals surface area (Å²) in [7, 11) is -3.49. The van der Waals surface area contributed by atoms with Gasteiger partial charge in [0.25, 0.3) is 10.1 Å². The third kappa shape index (κ3) is 6.66. The summed E-state index contributed by atoms with van der Waals surface area (Å²) in [5.41, 5.74) is 1.08. The number of ether oxygens (including phenoxy) is 1. The van der Waals surface area contributed by atoms with Crippen molar-refractivity contribution in [2.45, 2.75) is 57.5 Å². The Labute approximate surface area is 239 Å². The number of nitrogens with zero attached hydrogens (tertiary/aromatic N) is 6. The number of nitrogens with one attached hydrogen (secondary N) is 1. The van der Waals surface area contributed by atoms with Gasteiger partial charge < -0.3 is 25.0 Å². The fraction of sp³-hybridized carbons (Fsp3) is 0.556. The second-order valence-electron chi connectivity index (χ2n) is 10.8. The Balaban J connectivity index is 1.33. The van der Waals surface area contributed by atoms with Gasteiger partial charge in [0, 0.05) is 37.1 Å². The van der Waals surface area contributed by atoms with Gasteiger partial charge in [0.1, 0.15) is 23.6 Å². The molecule has 2 fully saturated rings. The molecule has 3 aromatic heterocycles. The van der Waals surface area contributed by atoms with Crippen LogP contribution >= 0.6 is 0 Å². The van der Waals surface area contributed by atoms with Crippen molar-refractivity contribution in [1.29, 1.82) is 0 Å². The van der Waals surface area contributed by atoms with Crippen molar-refractivity contribution in [2.24, 2.45) is 0 Å². The molecule has 2 N–H and O–H groups in total. The number of alkyl halides is 1. The van der Waals surface area contributed by atoms with Gasteiger partial charge in [0.15, 0.2) is 0 Å². The van der Waals surface area contributed by atoms with Gasteiger partial charge in [-0.25, -0.2) is 19.3 Å². The van der Waals surface area contributed by atoms with Gasteiger partial charge in [-0.3, -0.25) is 4.18 Å². The van der Waals surface area contributed by atoms with Crippen LogP contribution in [0.5, 0.6) is 0 Å². The van der Waals surface area contributed by atoms with Crippen LogP contribution in [0.2, 0.25) is 0 Å². The maximum Gasteiger partial charge on any atom is 0.264 e. The van der Waals surface area contributed by atoms with Gasteiger partial charge in [-0.15, -0.1) is 0 Å². The molecule has 0 aliphatic carbocycles. The van der Waals surface area contributed by atoms with Crippen LogP contribution in [-0.4, -0.2) is 97.0 Å². The molecule has 0 bridgehead atoms. The van der Waals surface area contributed by atoms with E-state index in [1.807, 2.05) is 19.2 Å². The highest BCUT2D eigenvalue weighted by Crippen LogP contribution is 2.36. The first-order valence-corrected chi connectivity index (χ1v) is 15.5. The largest absolute Gasteiger partial charge is 0.390 e. The van der Waals surface area contributed by atoms with E-state index in [0.717, 1.165) is 28.4 Å². The number of halogens is 1. The summed E-state index contributed by atoms with van der Waals surface area (Å²) >= 11 is 0. The highest BCUT2D eigenvalue weighted by Gasteiger charge is 2.38. The first kappa shape index (κ1) is 29.3. The molecule has 0 spiro atoms. The molecule has 0 aromatic carbocycles. The SMILES string of the molecule is CC(C)c1cnc(N2C[C@H](OCCOS(C)(=O)=O)[C@H]2C)c2cnc(Nc3ccnc(N4CC[C@@H](O)[C@@H](F)C4)n3)cc12. The summed E-state index contributed by atoms with van der Waals surface area (Å²) in [6.45, 7) is 7.57. The fourth-order valence-electron chi connectivity index (χ4n) is 5.11. The van der Waals surface area contributed by atoms with E-state index >= 15 is 0 Å². The number of hydrogen-bond donors (Lipinski definition) is 2. The van der Waals surface area contributed by atoms with E-state index in [0.29, 0.717) is 37.1 Å². The maximum atomic E-state index is 14.1. The molecular weight excluding hydrogens is 553 g/mol. The van der Waals surface area contributed by atoms with E-state index in [9.17, 15) is 17.9 Å². The molecular formula is C27H36FN7O5S. The number of anilines is 4. The van der Waals surface area contributed by atoms with Crippen LogP contribution in [0.4, 0.5) is 27.8 Å². The molecule has 2 saturated heterocycles. The van der Waals surface area contributed by atoms with Crippen LogP contribution in [0.3, 0.4) is 0 Å². The molecule has 0 radical (unpaired) electrons. The predicted octanol–water partition coefficient (Wildman–Crippen LogP) is 2.77. The minimum absolute atomic E-state index is 0.0165. The lowest BCUT2D eigenvalue weighted by atomic mass is 9.96. The zero-order valence-electron chi connectivity index (χ0n) is 23.6. The molecule has 2 aliphatic heterocycles. The summed E-state index contributed by atoms with van der Waals surface area (Å²) in [4.78, 5) is 22.2. The number of aromatic nitrogens is 4. The van der Waals surface area contributed by atoms with Crippen LogP contribution < -0.4 is 15.1 Å². The summed E-state index contributed by atoms with van der Waals surface area (Å²) in [6, 6.07) is 3.74. The number of fused-ring (bicyclic) bond motifs is 1. The quantitative estimate of drug-likeness (QED) is 0.265. The van der Waals surface area contributed by atoms with Gasteiger partial charge in [-0.05, 0) is 42.3 Å². The molecule has 222 valence electrons. The molecule has 5 heterocycles. The topological polar surface area (TPSA) is 143 Å². The summed E-state index contributed by atoms with van der Waals surface area (Å²) in [5, 5.41) is 14.9. The Morgan fingerprint density at radius 1 is 1.15 bits per heavy atom. The predicted molar refractivity (Wildman–Crippen MR) is 154 cm³/mol. The molecule has 0 amide bonds. The van der Waals surface area contributed by atoms with Gasteiger partial charge in [-0.1, -0.05) is 13.8 Å². The van der Waals surface area contributed by atoms with E-state index < -0.39 is 22.4 Å².